The molecule has 0 aliphatic rings. The molecule has 33 heavy (non-hydrogen) atoms. The third-order valence-corrected chi connectivity index (χ3v) is 3.43. The zero-order valence-corrected chi connectivity index (χ0v) is 22.5. The molecule has 0 saturated carbocycles. The Labute approximate surface area is 240 Å². The van der Waals surface area contributed by atoms with Gasteiger partial charge in [0.15, 0.2) is 0 Å². The van der Waals surface area contributed by atoms with Gasteiger partial charge in [-0.1, -0.05) is 111 Å². The Bertz CT molecular complexity index is 689. The number of halogens is 8. The molecule has 2 nitrogen and oxygen atoms in total. The quantitative estimate of drug-likeness (QED) is 0.207. The van der Waals surface area contributed by atoms with E-state index in [1.165, 1.54) is 5.56 Å². The van der Waals surface area contributed by atoms with Crippen LogP contribution in [0.15, 0.2) is 91.0 Å². The summed E-state index contributed by atoms with van der Waals surface area (Å²) in [6, 6.07) is 28.9. The first-order valence-corrected chi connectivity index (χ1v) is 10.9. The van der Waals surface area contributed by atoms with E-state index in [-0.39, 0.29) is 45.1 Å². The van der Waals surface area contributed by atoms with Crippen molar-refractivity contribution >= 4 is 97.7 Å². The minimum Gasteiger partial charge on any atom is -0.412 e. The monoisotopic (exact) mass is 620 g/mol. The van der Waals surface area contributed by atoms with Crippen LogP contribution in [0.2, 0.25) is 0 Å². The van der Waals surface area contributed by atoms with Gasteiger partial charge in [0.05, 0.1) is 0 Å². The van der Waals surface area contributed by atoms with Crippen molar-refractivity contribution in [2.45, 2.75) is 26.6 Å². The van der Waals surface area contributed by atoms with Crippen molar-refractivity contribution in [2.24, 2.45) is 0 Å². The number of aryl methyl sites for hydroxylation is 1. The molecule has 0 bridgehead atoms. The van der Waals surface area contributed by atoms with E-state index < -0.39 is 4.84 Å². The van der Waals surface area contributed by atoms with Gasteiger partial charge in [-0.2, -0.15) is 0 Å². The zero-order chi connectivity index (χ0) is 21.6. The molecule has 192 valence electrons. The number of aldehydes is 1. The van der Waals surface area contributed by atoms with Gasteiger partial charge >= 0.3 is 0 Å². The Morgan fingerprint density at radius 3 is 1.12 bits per heavy atom. The average molecular weight is 624 g/mol. The van der Waals surface area contributed by atoms with Crippen LogP contribution in [0.25, 0.3) is 0 Å². The molecule has 3 rings (SSSR count). The van der Waals surface area contributed by atoms with Crippen molar-refractivity contribution in [1.29, 1.82) is 0 Å². The van der Waals surface area contributed by atoms with Crippen molar-refractivity contribution in [2.75, 3.05) is 0 Å². The van der Waals surface area contributed by atoms with E-state index in [0.717, 1.165) is 17.4 Å². The minimum atomic E-state index is -0.397. The van der Waals surface area contributed by atoms with Crippen molar-refractivity contribution in [3.05, 3.63) is 108 Å². The summed E-state index contributed by atoms with van der Waals surface area (Å²) < 4.78 is 0. The van der Waals surface area contributed by atoms with E-state index in [1.54, 1.807) is 12.1 Å². The summed E-state index contributed by atoms with van der Waals surface area (Å²) in [5.74, 6) is 0. The van der Waals surface area contributed by atoms with Gasteiger partial charge in [0.25, 0.3) is 0 Å². The lowest BCUT2D eigenvalue weighted by molar-refractivity contribution is 0.112. The van der Waals surface area contributed by atoms with Gasteiger partial charge in [0.2, 0.25) is 0 Å². The van der Waals surface area contributed by atoms with E-state index in [1.807, 2.05) is 66.7 Å². The molecule has 0 radical (unpaired) electrons. The smallest absolute Gasteiger partial charge is 0.150 e. The Morgan fingerprint density at radius 1 is 0.636 bits per heavy atom. The Morgan fingerprint density at radius 2 is 0.939 bits per heavy atom. The van der Waals surface area contributed by atoms with Gasteiger partial charge in [-0.05, 0) is 12.5 Å². The first kappa shape index (κ1) is 49.7. The Kier molecular flexibility index (Phi) is 58.5. The van der Waals surface area contributed by atoms with Gasteiger partial charge in [0.1, 0.15) is 11.1 Å². The molecule has 0 aromatic heterocycles. The van der Waals surface area contributed by atoms with Crippen LogP contribution in [0.4, 0.5) is 0 Å². The molecule has 10 heteroatoms. The molecule has 2 N–H and O–H groups in total. The van der Waals surface area contributed by atoms with E-state index in [9.17, 15) is 4.79 Å². The molecule has 0 aliphatic heterocycles. The van der Waals surface area contributed by atoms with Crippen LogP contribution in [0, 0.1) is 6.92 Å². The number of carbonyl (C=O) groups excluding carboxylic acids is 1. The maximum Gasteiger partial charge on any atom is 0.150 e. The van der Waals surface area contributed by atoms with Crippen LogP contribution < -0.4 is 0 Å². The molecule has 3 aromatic rings. The first-order valence-electron chi connectivity index (χ1n) is 7.77. The molecule has 3 aromatic carbocycles. The molecule has 0 saturated heterocycles. The summed E-state index contributed by atoms with van der Waals surface area (Å²) >= 11 is 11.1. The van der Waals surface area contributed by atoms with E-state index >= 15 is 0 Å². The van der Waals surface area contributed by atoms with E-state index in [4.69, 9.17) is 23.2 Å². The van der Waals surface area contributed by atoms with E-state index in [0.29, 0.717) is 0 Å². The number of alkyl halides is 2. The lowest BCUT2D eigenvalue weighted by Gasteiger charge is -1.97. The number of hydrogen-bond donors (Lipinski definition) is 0. The van der Waals surface area contributed by atoms with Crippen LogP contribution in [0.1, 0.15) is 41.2 Å². The highest BCUT2D eigenvalue weighted by molar-refractivity contribution is 6.86. The largest absolute Gasteiger partial charge is 0.412 e. The SMILES string of the molecule is C.C.Cc1ccccc1.Cl.Cl.ClC(Cl)c1ccccc1.ClCl.ClCl.O.O=Cc1ccccc1. The van der Waals surface area contributed by atoms with Crippen molar-refractivity contribution in [1.82, 2.24) is 0 Å². The average Bonchev–Trinajstić information content (AvgIpc) is 2.79. The number of rotatable bonds is 2. The normalized spacial score (nSPS) is 7.03. The lowest BCUT2D eigenvalue weighted by atomic mass is 10.2. The van der Waals surface area contributed by atoms with Gasteiger partial charge in [-0.15, -0.1) is 48.0 Å². The number of benzene rings is 3. The van der Waals surface area contributed by atoms with Crippen LogP contribution in [0.3, 0.4) is 0 Å². The maximum atomic E-state index is 10.0. The maximum absolute atomic E-state index is 10.0. The second kappa shape index (κ2) is 38.9. The molecule has 0 spiro atoms. The topological polar surface area (TPSA) is 48.6 Å². The molecule has 0 aliphatic carbocycles. The molecule has 0 amide bonds. The summed E-state index contributed by atoms with van der Waals surface area (Å²) in [6.45, 7) is 2.08. The fourth-order valence-corrected chi connectivity index (χ4v) is 1.96. The summed E-state index contributed by atoms with van der Waals surface area (Å²) in [4.78, 5) is 9.61. The Hall–Kier alpha value is -0.390. The predicted octanol–water partition coefficient (Wildman–Crippen LogP) is 10.7. The van der Waals surface area contributed by atoms with Crippen molar-refractivity contribution in [3.8, 4) is 0 Å². The fraction of sp³-hybridized carbons (Fsp3) is 0.174. The molecular formula is C23H32Cl8O2. The van der Waals surface area contributed by atoms with Crippen LogP contribution >= 0.6 is 91.4 Å². The number of carbonyl (C=O) groups is 1. The number of hydrogen-bond acceptors (Lipinski definition) is 1. The summed E-state index contributed by atoms with van der Waals surface area (Å²) in [6.07, 6.45) is 0.833. The highest BCUT2D eigenvalue weighted by Gasteiger charge is 1.98. The Balaban J connectivity index is -0.0000000535. The molecule has 0 fully saturated rings. The second-order valence-corrected chi connectivity index (χ2v) is 5.99. The van der Waals surface area contributed by atoms with Gasteiger partial charge < -0.3 is 5.48 Å². The first-order chi connectivity index (χ1) is 13.6. The lowest BCUT2D eigenvalue weighted by Crippen LogP contribution is -1.76. The predicted molar refractivity (Wildman–Crippen MR) is 159 cm³/mol. The highest BCUT2D eigenvalue weighted by atomic mass is 36.5. The van der Waals surface area contributed by atoms with Crippen LogP contribution in [-0.4, -0.2) is 11.8 Å². The van der Waals surface area contributed by atoms with Gasteiger partial charge in [-0.3, -0.25) is 4.79 Å². The highest BCUT2D eigenvalue weighted by Crippen LogP contribution is 2.23. The van der Waals surface area contributed by atoms with Gasteiger partial charge in [-0.25, -0.2) is 0 Å². The standard InChI is InChI=1S/C7H6Cl2.C7H6O.C7H8.2CH4.2Cl2.2ClH.H2O/c8-7(9)6-4-2-1-3-5-6;8-6-7-4-2-1-3-5-7;1-7-5-3-2-4-6-7;;;2*1-2;;;/h1-5,7H;1-6H;2-6H,1H3;2*1H4;;;2*1H;1H2. The third kappa shape index (κ3) is 31.6. The van der Waals surface area contributed by atoms with Crippen LogP contribution in [0.5, 0.6) is 0 Å². The van der Waals surface area contributed by atoms with E-state index in [2.05, 4.69) is 62.5 Å². The molecular weight excluding hydrogens is 592 g/mol. The zero-order valence-electron chi connectivity index (χ0n) is 16.3. The molecule has 0 unspecified atom stereocenters. The summed E-state index contributed by atoms with van der Waals surface area (Å²) in [7, 11) is 16.4. The fourth-order valence-electron chi connectivity index (χ4n) is 1.66. The third-order valence-electron chi connectivity index (χ3n) is 2.93. The molecule has 0 atom stereocenters. The minimum absolute atomic E-state index is 0. The summed E-state index contributed by atoms with van der Waals surface area (Å²) in [5, 5.41) is 0. The van der Waals surface area contributed by atoms with Crippen LogP contribution in [-0.2, 0) is 0 Å². The van der Waals surface area contributed by atoms with Gasteiger partial charge in [0, 0.05) is 49.0 Å². The van der Waals surface area contributed by atoms with Crippen molar-refractivity contribution < 1.29 is 10.3 Å². The summed E-state index contributed by atoms with van der Waals surface area (Å²) in [5.41, 5.74) is 3.00. The van der Waals surface area contributed by atoms with Crippen molar-refractivity contribution in [3.63, 3.8) is 0 Å². The molecule has 0 heterocycles. The second-order valence-electron chi connectivity index (χ2n) is 4.89.